The Labute approximate surface area is 110 Å². The molecule has 2 aliphatic rings. The van der Waals surface area contributed by atoms with Crippen LogP contribution in [0.4, 0.5) is 0 Å². The Balaban J connectivity index is 1.77. The van der Waals surface area contributed by atoms with Crippen LogP contribution in [0.5, 0.6) is 0 Å². The van der Waals surface area contributed by atoms with Crippen LogP contribution in [0.15, 0.2) is 0 Å². The van der Waals surface area contributed by atoms with E-state index in [1.165, 1.54) is 19.4 Å². The maximum atomic E-state index is 11.8. The lowest BCUT2D eigenvalue weighted by Gasteiger charge is -2.30. The fraction of sp³-hybridized carbons (Fsp3) is 0.929. The smallest absolute Gasteiger partial charge is 0.308 e. The number of hydrogen-bond acceptors (Lipinski definition) is 4. The van der Waals surface area contributed by atoms with Crippen LogP contribution in [0.3, 0.4) is 0 Å². The van der Waals surface area contributed by atoms with E-state index in [9.17, 15) is 4.79 Å². The number of rotatable bonds is 4. The number of likely N-dealkylation sites (tertiary alicyclic amines) is 1. The Bertz CT molecular complexity index is 283. The molecule has 1 aliphatic carbocycles. The Kier molecular flexibility index (Phi) is 5.01. The van der Waals surface area contributed by atoms with Crippen LogP contribution in [0.1, 0.15) is 39.0 Å². The topological polar surface area (TPSA) is 41.6 Å². The van der Waals surface area contributed by atoms with Crippen LogP contribution in [0.25, 0.3) is 0 Å². The van der Waals surface area contributed by atoms with Crippen LogP contribution in [-0.2, 0) is 9.53 Å². The molecule has 0 bridgehead atoms. The molecule has 1 aliphatic heterocycles. The third kappa shape index (κ3) is 3.69. The molecule has 4 nitrogen and oxygen atoms in total. The van der Waals surface area contributed by atoms with Gasteiger partial charge in [-0.2, -0.15) is 0 Å². The number of hydrogen-bond donors (Lipinski definition) is 1. The fourth-order valence-corrected chi connectivity index (χ4v) is 3.22. The number of nitrogens with one attached hydrogen (secondary N) is 1. The lowest BCUT2D eigenvalue weighted by atomic mass is 9.85. The predicted molar refractivity (Wildman–Crippen MR) is 71.4 cm³/mol. The molecule has 0 aromatic carbocycles. The Morgan fingerprint density at radius 1 is 1.33 bits per heavy atom. The quantitative estimate of drug-likeness (QED) is 0.770. The number of carbonyl (C=O) groups excluding carboxylic acids is 1. The molecule has 1 heterocycles. The number of likely N-dealkylation sites (N-methyl/N-ethyl adjacent to an activating group) is 1. The van der Waals surface area contributed by atoms with Crippen LogP contribution in [0.2, 0.25) is 0 Å². The van der Waals surface area contributed by atoms with E-state index in [1.807, 2.05) is 6.92 Å². The number of esters is 1. The summed E-state index contributed by atoms with van der Waals surface area (Å²) in [5.41, 5.74) is 0. The summed E-state index contributed by atoms with van der Waals surface area (Å²) < 4.78 is 5.14. The second-order valence-corrected chi connectivity index (χ2v) is 5.73. The van der Waals surface area contributed by atoms with Gasteiger partial charge in [-0.1, -0.05) is 6.42 Å². The molecule has 3 unspecified atom stereocenters. The Morgan fingerprint density at radius 2 is 2.17 bits per heavy atom. The summed E-state index contributed by atoms with van der Waals surface area (Å²) in [6.07, 6.45) is 5.54. The van der Waals surface area contributed by atoms with Crippen LogP contribution < -0.4 is 5.32 Å². The van der Waals surface area contributed by atoms with E-state index in [4.69, 9.17) is 4.74 Å². The Morgan fingerprint density at radius 3 is 2.83 bits per heavy atom. The van der Waals surface area contributed by atoms with Crippen LogP contribution in [0, 0.1) is 5.92 Å². The summed E-state index contributed by atoms with van der Waals surface area (Å²) in [4.78, 5) is 14.1. The minimum Gasteiger partial charge on any atom is -0.466 e. The van der Waals surface area contributed by atoms with Crippen molar-refractivity contribution in [3.63, 3.8) is 0 Å². The highest BCUT2D eigenvalue weighted by atomic mass is 16.5. The summed E-state index contributed by atoms with van der Waals surface area (Å²) in [5, 5.41) is 3.73. The second-order valence-electron chi connectivity index (χ2n) is 5.73. The molecule has 4 heteroatoms. The van der Waals surface area contributed by atoms with Gasteiger partial charge in [0.2, 0.25) is 0 Å². The van der Waals surface area contributed by atoms with Gasteiger partial charge < -0.3 is 15.0 Å². The van der Waals surface area contributed by atoms with Gasteiger partial charge >= 0.3 is 5.97 Å². The molecule has 3 atom stereocenters. The van der Waals surface area contributed by atoms with Crippen molar-refractivity contribution >= 4 is 5.97 Å². The van der Waals surface area contributed by atoms with Gasteiger partial charge in [0.25, 0.3) is 0 Å². The third-order valence-corrected chi connectivity index (χ3v) is 4.16. The summed E-state index contributed by atoms with van der Waals surface area (Å²) in [7, 11) is 2.17. The van der Waals surface area contributed by atoms with Gasteiger partial charge in [-0.15, -0.1) is 0 Å². The summed E-state index contributed by atoms with van der Waals surface area (Å²) in [5.74, 6) is 0.128. The van der Waals surface area contributed by atoms with Crippen molar-refractivity contribution in [1.82, 2.24) is 10.2 Å². The zero-order chi connectivity index (χ0) is 13.0. The van der Waals surface area contributed by atoms with E-state index < -0.39 is 0 Å². The number of ether oxygens (including phenoxy) is 1. The molecule has 0 aromatic heterocycles. The molecule has 0 aromatic rings. The van der Waals surface area contributed by atoms with Crippen molar-refractivity contribution in [1.29, 1.82) is 0 Å². The van der Waals surface area contributed by atoms with Crippen molar-refractivity contribution in [2.75, 3.05) is 26.7 Å². The SMILES string of the molecule is CCOC(=O)C1CCCC(NC2CCN(C)C2)C1. The standard InChI is InChI=1S/C14H26N2O2/c1-3-18-14(17)11-5-4-6-12(9-11)15-13-7-8-16(2)10-13/h11-13,15H,3-10H2,1-2H3. The molecule has 1 saturated carbocycles. The largest absolute Gasteiger partial charge is 0.466 e. The predicted octanol–water partition coefficient (Wildman–Crippen LogP) is 1.40. The van der Waals surface area contributed by atoms with Gasteiger partial charge in [-0.05, 0) is 46.2 Å². The molecule has 1 N–H and O–H groups in total. The van der Waals surface area contributed by atoms with Gasteiger partial charge in [0.1, 0.15) is 0 Å². The van der Waals surface area contributed by atoms with E-state index >= 15 is 0 Å². The zero-order valence-electron chi connectivity index (χ0n) is 11.7. The molecule has 0 amide bonds. The van der Waals surface area contributed by atoms with Gasteiger partial charge in [-0.25, -0.2) is 0 Å². The first-order chi connectivity index (χ1) is 8.69. The summed E-state index contributed by atoms with van der Waals surface area (Å²) in [6.45, 7) is 4.71. The average molecular weight is 254 g/mol. The molecular formula is C14H26N2O2. The average Bonchev–Trinajstić information content (AvgIpc) is 2.75. The monoisotopic (exact) mass is 254 g/mol. The van der Waals surface area contributed by atoms with Crippen molar-refractivity contribution in [3.05, 3.63) is 0 Å². The van der Waals surface area contributed by atoms with E-state index in [0.29, 0.717) is 18.7 Å². The Hall–Kier alpha value is -0.610. The molecule has 2 rings (SSSR count). The minimum atomic E-state index is 0.00698. The van der Waals surface area contributed by atoms with Gasteiger partial charge in [-0.3, -0.25) is 4.79 Å². The van der Waals surface area contributed by atoms with Gasteiger partial charge in [0, 0.05) is 18.6 Å². The van der Waals surface area contributed by atoms with E-state index in [-0.39, 0.29) is 11.9 Å². The van der Waals surface area contributed by atoms with E-state index in [1.54, 1.807) is 0 Å². The van der Waals surface area contributed by atoms with Gasteiger partial charge in [0.15, 0.2) is 0 Å². The zero-order valence-corrected chi connectivity index (χ0v) is 11.7. The van der Waals surface area contributed by atoms with E-state index in [0.717, 1.165) is 25.8 Å². The van der Waals surface area contributed by atoms with Crippen molar-refractivity contribution < 1.29 is 9.53 Å². The highest BCUT2D eigenvalue weighted by molar-refractivity contribution is 5.72. The van der Waals surface area contributed by atoms with E-state index in [2.05, 4.69) is 17.3 Å². The number of nitrogens with zero attached hydrogens (tertiary/aromatic N) is 1. The highest BCUT2D eigenvalue weighted by Crippen LogP contribution is 2.26. The number of carbonyl (C=O) groups is 1. The molecule has 18 heavy (non-hydrogen) atoms. The van der Waals surface area contributed by atoms with Crippen molar-refractivity contribution in [2.24, 2.45) is 5.92 Å². The normalized spacial score (nSPS) is 33.6. The highest BCUT2D eigenvalue weighted by Gasteiger charge is 2.30. The molecule has 1 saturated heterocycles. The molecule has 0 radical (unpaired) electrons. The van der Waals surface area contributed by atoms with Crippen molar-refractivity contribution in [3.8, 4) is 0 Å². The lowest BCUT2D eigenvalue weighted by molar-refractivity contribution is -0.149. The molecule has 2 fully saturated rings. The van der Waals surface area contributed by atoms with Crippen molar-refractivity contribution in [2.45, 2.75) is 51.1 Å². The second kappa shape index (κ2) is 6.53. The summed E-state index contributed by atoms with van der Waals surface area (Å²) in [6, 6.07) is 1.12. The molecule has 104 valence electrons. The van der Waals surface area contributed by atoms with Crippen LogP contribution in [-0.4, -0.2) is 49.7 Å². The lowest BCUT2D eigenvalue weighted by Crippen LogP contribution is -2.43. The van der Waals surface area contributed by atoms with Crippen LogP contribution >= 0.6 is 0 Å². The first-order valence-electron chi connectivity index (χ1n) is 7.30. The molecular weight excluding hydrogens is 228 g/mol. The first-order valence-corrected chi connectivity index (χ1v) is 7.30. The molecule has 0 spiro atoms. The maximum Gasteiger partial charge on any atom is 0.308 e. The fourth-order valence-electron chi connectivity index (χ4n) is 3.22. The minimum absolute atomic E-state index is 0.00698. The third-order valence-electron chi connectivity index (χ3n) is 4.16. The summed E-state index contributed by atoms with van der Waals surface area (Å²) >= 11 is 0. The van der Waals surface area contributed by atoms with Gasteiger partial charge in [0.05, 0.1) is 12.5 Å². The maximum absolute atomic E-state index is 11.8. The first kappa shape index (κ1) is 13.8.